The minimum atomic E-state index is -4.11. The number of sulfone groups is 1. The number of aromatic nitrogens is 2. The van der Waals surface area contributed by atoms with Crippen LogP contribution in [0.25, 0.3) is 0 Å². The van der Waals surface area contributed by atoms with Gasteiger partial charge in [0.1, 0.15) is 12.2 Å². The van der Waals surface area contributed by atoms with Gasteiger partial charge >= 0.3 is 0 Å². The lowest BCUT2D eigenvalue weighted by molar-refractivity contribution is -0.178. The largest absolute Gasteiger partial charge is 0.387 e. The third-order valence-corrected chi connectivity index (χ3v) is 10.7. The second kappa shape index (κ2) is 10.7. The van der Waals surface area contributed by atoms with Gasteiger partial charge in [0.25, 0.3) is 5.91 Å². The molecule has 2 aromatic carbocycles. The van der Waals surface area contributed by atoms with E-state index in [2.05, 4.69) is 15.3 Å². The molecular weight excluding hydrogens is 568 g/mol. The molecule has 212 valence electrons. The standard InChI is InChI=1S/C27H26ClF2N3O6S/c28-19-6-2-14(26(36)33-17-5-7-20(29)21(30)13-17)10-22(19)40(38,39)18-11-15-3-4-16(12-18)27(15,37)24(35)23(34)25-31-8-1-9-32-25/h1-2,5-10,13,15-16,18,23-24,34-35,37H,3-4,11-12H2,(H,33,36)/t15-,16?,18?,23?,24?,27-/m0/s1. The van der Waals surface area contributed by atoms with Crippen LogP contribution in [-0.4, -0.2) is 56.6 Å². The van der Waals surface area contributed by atoms with Crippen LogP contribution in [-0.2, 0) is 9.84 Å². The summed E-state index contributed by atoms with van der Waals surface area (Å²) in [5.74, 6) is -4.32. The van der Waals surface area contributed by atoms with Gasteiger partial charge in [0, 0.05) is 29.7 Å². The maximum absolute atomic E-state index is 13.8. The molecule has 0 saturated heterocycles. The highest BCUT2D eigenvalue weighted by Crippen LogP contribution is 2.55. The lowest BCUT2D eigenvalue weighted by Gasteiger charge is -2.46. The first-order valence-corrected chi connectivity index (χ1v) is 14.5. The molecule has 5 rings (SSSR count). The number of nitrogens with one attached hydrogen (secondary N) is 1. The zero-order chi connectivity index (χ0) is 28.8. The Morgan fingerprint density at radius 1 is 1.02 bits per heavy atom. The molecule has 0 spiro atoms. The van der Waals surface area contributed by atoms with E-state index in [1.165, 1.54) is 24.5 Å². The number of aliphatic hydroxyl groups excluding tert-OH is 2. The fraction of sp³-hybridized carbons (Fsp3) is 0.370. The van der Waals surface area contributed by atoms with Crippen LogP contribution < -0.4 is 5.32 Å². The molecule has 2 bridgehead atoms. The second-order valence-electron chi connectivity index (χ2n) is 10.2. The van der Waals surface area contributed by atoms with Crippen molar-refractivity contribution in [3.05, 3.63) is 82.9 Å². The summed E-state index contributed by atoms with van der Waals surface area (Å²) in [7, 11) is -4.11. The Bertz CT molecular complexity index is 1530. The van der Waals surface area contributed by atoms with E-state index >= 15 is 0 Å². The fourth-order valence-corrected chi connectivity index (χ4v) is 8.36. The molecule has 0 aliphatic heterocycles. The van der Waals surface area contributed by atoms with E-state index in [9.17, 15) is 37.3 Å². The molecule has 3 aromatic rings. The highest BCUT2D eigenvalue weighted by Gasteiger charge is 2.60. The molecule has 1 amide bonds. The second-order valence-corrected chi connectivity index (χ2v) is 12.8. The van der Waals surface area contributed by atoms with Gasteiger partial charge in [-0.15, -0.1) is 0 Å². The van der Waals surface area contributed by atoms with E-state index in [0.29, 0.717) is 12.8 Å². The maximum Gasteiger partial charge on any atom is 0.255 e. The van der Waals surface area contributed by atoms with E-state index < -0.39 is 62.3 Å². The van der Waals surface area contributed by atoms with E-state index in [1.807, 2.05) is 0 Å². The topological polar surface area (TPSA) is 150 Å². The molecule has 6 atom stereocenters. The molecule has 0 radical (unpaired) electrons. The zero-order valence-corrected chi connectivity index (χ0v) is 22.5. The van der Waals surface area contributed by atoms with Crippen molar-refractivity contribution < 1.29 is 37.3 Å². The van der Waals surface area contributed by atoms with Gasteiger partial charge in [0.05, 0.1) is 20.8 Å². The fourth-order valence-electron chi connectivity index (χ4n) is 5.96. The number of carbonyl (C=O) groups excluding carboxylic acids is 1. The van der Waals surface area contributed by atoms with E-state index in [1.54, 1.807) is 6.07 Å². The molecule has 9 nitrogen and oxygen atoms in total. The molecule has 1 aromatic heterocycles. The number of rotatable bonds is 7. The third-order valence-electron chi connectivity index (χ3n) is 8.01. The number of fused-ring (bicyclic) bond motifs is 2. The van der Waals surface area contributed by atoms with E-state index in [4.69, 9.17) is 11.6 Å². The summed E-state index contributed by atoms with van der Waals surface area (Å²) in [6, 6.07) is 8.06. The van der Waals surface area contributed by atoms with Gasteiger partial charge in [0.15, 0.2) is 27.3 Å². The number of hydrogen-bond acceptors (Lipinski definition) is 8. The van der Waals surface area contributed by atoms with Crippen molar-refractivity contribution in [2.24, 2.45) is 11.8 Å². The highest BCUT2D eigenvalue weighted by atomic mass is 35.5. The molecule has 40 heavy (non-hydrogen) atoms. The maximum atomic E-state index is 13.8. The first kappa shape index (κ1) is 28.5. The predicted molar refractivity (Wildman–Crippen MR) is 140 cm³/mol. The normalized spacial score (nSPS) is 25.8. The van der Waals surface area contributed by atoms with Crippen LogP contribution in [0, 0.1) is 23.5 Å². The first-order chi connectivity index (χ1) is 18.9. The summed E-state index contributed by atoms with van der Waals surface area (Å²) in [6.07, 6.45) is 0.470. The summed E-state index contributed by atoms with van der Waals surface area (Å²) in [5, 5.41) is 34.6. The van der Waals surface area contributed by atoms with Crippen molar-refractivity contribution in [1.82, 2.24) is 9.97 Å². The van der Waals surface area contributed by atoms with Gasteiger partial charge in [-0.05, 0) is 73.9 Å². The van der Waals surface area contributed by atoms with Crippen LogP contribution >= 0.6 is 11.6 Å². The number of amides is 1. The Morgan fingerprint density at radius 3 is 2.30 bits per heavy atom. The molecule has 1 heterocycles. The lowest BCUT2D eigenvalue weighted by atomic mass is 9.69. The number of halogens is 3. The van der Waals surface area contributed by atoms with Gasteiger partial charge in [-0.1, -0.05) is 11.6 Å². The molecule has 4 N–H and O–H groups in total. The van der Waals surface area contributed by atoms with Crippen molar-refractivity contribution in [2.75, 3.05) is 5.32 Å². The Hall–Kier alpha value is -3.03. The molecule has 2 saturated carbocycles. The highest BCUT2D eigenvalue weighted by molar-refractivity contribution is 7.92. The molecule has 4 unspecified atom stereocenters. The Balaban J connectivity index is 1.37. The summed E-state index contributed by atoms with van der Waals surface area (Å²) < 4.78 is 54.3. The smallest absolute Gasteiger partial charge is 0.255 e. The SMILES string of the molecule is O=C(Nc1ccc(F)c(F)c1)c1ccc(Cl)c(S(=O)(=O)C2CC3CC[C@@H](C2)[C@@]3(O)C(O)C(O)c2ncccn2)c1. The number of nitrogens with zero attached hydrogens (tertiary/aromatic N) is 2. The molecule has 2 aliphatic rings. The average Bonchev–Trinajstić information content (AvgIpc) is 3.10. The Kier molecular flexibility index (Phi) is 7.66. The first-order valence-electron chi connectivity index (χ1n) is 12.6. The molecular formula is C27H26ClF2N3O6S. The summed E-state index contributed by atoms with van der Waals surface area (Å²) in [6.45, 7) is 0. The van der Waals surface area contributed by atoms with Gasteiger partial charge in [-0.3, -0.25) is 4.79 Å². The van der Waals surface area contributed by atoms with Gasteiger partial charge < -0.3 is 20.6 Å². The van der Waals surface area contributed by atoms with Crippen LogP contribution in [0.2, 0.25) is 5.02 Å². The minimum absolute atomic E-state index is 0.00360. The average molecular weight is 594 g/mol. The molecule has 13 heteroatoms. The number of anilines is 1. The summed E-state index contributed by atoms with van der Waals surface area (Å²) >= 11 is 6.27. The van der Waals surface area contributed by atoms with E-state index in [-0.39, 0.29) is 39.8 Å². The van der Waals surface area contributed by atoms with Crippen molar-refractivity contribution in [3.8, 4) is 0 Å². The molecule has 2 fully saturated rings. The number of aliphatic hydroxyl groups is 3. The lowest BCUT2D eigenvalue weighted by Crippen LogP contribution is -2.57. The van der Waals surface area contributed by atoms with Crippen LogP contribution in [0.1, 0.15) is 48.0 Å². The van der Waals surface area contributed by atoms with Crippen molar-refractivity contribution in [2.45, 2.75) is 53.6 Å². The zero-order valence-electron chi connectivity index (χ0n) is 20.9. The quantitative estimate of drug-likeness (QED) is 0.325. The predicted octanol–water partition coefficient (Wildman–Crippen LogP) is 3.45. The number of carbonyl (C=O) groups is 1. The summed E-state index contributed by atoms with van der Waals surface area (Å²) in [4.78, 5) is 20.4. The van der Waals surface area contributed by atoms with Crippen molar-refractivity contribution in [3.63, 3.8) is 0 Å². The van der Waals surface area contributed by atoms with Gasteiger partial charge in [0.2, 0.25) is 0 Å². The number of benzene rings is 2. The monoisotopic (exact) mass is 593 g/mol. The third kappa shape index (κ3) is 4.99. The van der Waals surface area contributed by atoms with E-state index in [0.717, 1.165) is 24.3 Å². The van der Waals surface area contributed by atoms with Crippen molar-refractivity contribution >= 4 is 33.0 Å². The van der Waals surface area contributed by atoms with Gasteiger partial charge in [-0.2, -0.15) is 0 Å². The van der Waals surface area contributed by atoms with Crippen molar-refractivity contribution in [1.29, 1.82) is 0 Å². The van der Waals surface area contributed by atoms with Crippen LogP contribution in [0.3, 0.4) is 0 Å². The van der Waals surface area contributed by atoms with Crippen LogP contribution in [0.15, 0.2) is 59.8 Å². The van der Waals surface area contributed by atoms with Crippen LogP contribution in [0.4, 0.5) is 14.5 Å². The Labute approximate surface area is 233 Å². The summed E-state index contributed by atoms with van der Waals surface area (Å²) in [5.41, 5.74) is -1.84. The van der Waals surface area contributed by atoms with Crippen LogP contribution in [0.5, 0.6) is 0 Å². The number of hydrogen-bond donors (Lipinski definition) is 4. The minimum Gasteiger partial charge on any atom is -0.387 e. The van der Waals surface area contributed by atoms with Gasteiger partial charge in [-0.25, -0.2) is 27.2 Å². The molecule has 2 aliphatic carbocycles. The Morgan fingerprint density at radius 2 is 1.68 bits per heavy atom.